The third-order valence-electron chi connectivity index (χ3n) is 5.89. The fraction of sp³-hybridized carbons (Fsp3) is 0.286. The minimum absolute atomic E-state index is 0.185. The van der Waals surface area contributed by atoms with Gasteiger partial charge < -0.3 is 15.0 Å². The molecule has 0 atom stereocenters. The van der Waals surface area contributed by atoms with Crippen LogP contribution >= 0.6 is 0 Å². The highest BCUT2D eigenvalue weighted by Crippen LogP contribution is 2.52. The number of nitrogens with zero attached hydrogens (tertiary/aromatic N) is 6. The Bertz CT molecular complexity index is 1190. The molecule has 3 aromatic heterocycles. The van der Waals surface area contributed by atoms with E-state index in [1.807, 2.05) is 10.9 Å². The molecule has 150 valence electrons. The van der Waals surface area contributed by atoms with E-state index < -0.39 is 0 Å². The van der Waals surface area contributed by atoms with Crippen molar-refractivity contribution in [2.45, 2.75) is 24.3 Å². The molecule has 9 nitrogen and oxygen atoms in total. The second-order valence-corrected chi connectivity index (χ2v) is 7.81. The van der Waals surface area contributed by atoms with Gasteiger partial charge in [-0.05, 0) is 24.0 Å². The van der Waals surface area contributed by atoms with E-state index in [0.717, 1.165) is 35.4 Å². The first-order chi connectivity index (χ1) is 14.7. The van der Waals surface area contributed by atoms with E-state index in [-0.39, 0.29) is 11.4 Å². The molecule has 9 heteroatoms. The highest BCUT2D eigenvalue weighted by molar-refractivity contribution is 5.63. The lowest BCUT2D eigenvalue weighted by Crippen LogP contribution is -2.30. The Hall–Kier alpha value is -3.59. The van der Waals surface area contributed by atoms with Gasteiger partial charge in [-0.3, -0.25) is 4.68 Å². The minimum atomic E-state index is -0.185. The van der Waals surface area contributed by atoms with Crippen molar-refractivity contribution in [3.63, 3.8) is 0 Å². The Morgan fingerprint density at radius 3 is 2.40 bits per heavy atom. The minimum Gasteiger partial charge on any atom is -0.377 e. The first kappa shape index (κ1) is 17.3. The average Bonchev–Trinajstić information content (AvgIpc) is 3.15. The van der Waals surface area contributed by atoms with Gasteiger partial charge in [-0.2, -0.15) is 10.1 Å². The Balaban J connectivity index is 1.26. The largest absolute Gasteiger partial charge is 0.377 e. The van der Waals surface area contributed by atoms with Crippen LogP contribution < -0.4 is 5.73 Å². The maximum Gasteiger partial charge on any atom is 0.261 e. The van der Waals surface area contributed by atoms with Gasteiger partial charge in [0.1, 0.15) is 0 Å². The van der Waals surface area contributed by atoms with Crippen molar-refractivity contribution in [3.05, 3.63) is 60.4 Å². The van der Waals surface area contributed by atoms with Crippen LogP contribution in [0.25, 0.3) is 22.6 Å². The number of aromatic nitrogens is 6. The Kier molecular flexibility index (Phi) is 3.72. The van der Waals surface area contributed by atoms with Crippen LogP contribution in [0.1, 0.15) is 30.3 Å². The monoisotopic (exact) mass is 401 g/mol. The second kappa shape index (κ2) is 6.46. The van der Waals surface area contributed by atoms with Crippen LogP contribution in [0.2, 0.25) is 0 Å². The molecular formula is C21H19N7O2. The van der Waals surface area contributed by atoms with Crippen molar-refractivity contribution in [1.29, 1.82) is 0 Å². The SMILES string of the molecule is Nc1ncc(-c2ccc(C3(c4noc(-c5cnn(C6COC6)c5)n4)CC3)cc2)cn1. The van der Waals surface area contributed by atoms with Gasteiger partial charge in [0.2, 0.25) is 5.95 Å². The lowest BCUT2D eigenvalue weighted by atomic mass is 9.93. The molecule has 30 heavy (non-hydrogen) atoms. The first-order valence-electron chi connectivity index (χ1n) is 9.86. The molecule has 0 radical (unpaired) electrons. The molecule has 0 bridgehead atoms. The third kappa shape index (κ3) is 2.78. The summed E-state index contributed by atoms with van der Waals surface area (Å²) in [5.74, 6) is 1.49. The summed E-state index contributed by atoms with van der Waals surface area (Å²) in [4.78, 5) is 12.8. The normalized spacial score (nSPS) is 17.6. The van der Waals surface area contributed by atoms with E-state index in [1.165, 1.54) is 5.56 Å². The Morgan fingerprint density at radius 1 is 0.967 bits per heavy atom. The first-order valence-corrected chi connectivity index (χ1v) is 9.86. The highest BCUT2D eigenvalue weighted by atomic mass is 16.5. The zero-order valence-corrected chi connectivity index (χ0v) is 16.1. The summed E-state index contributed by atoms with van der Waals surface area (Å²) in [6, 6.07) is 8.65. The van der Waals surface area contributed by atoms with E-state index in [4.69, 9.17) is 20.0 Å². The van der Waals surface area contributed by atoms with Gasteiger partial charge in [0.25, 0.3) is 5.89 Å². The zero-order valence-electron chi connectivity index (χ0n) is 16.1. The fourth-order valence-electron chi connectivity index (χ4n) is 3.79. The maximum atomic E-state index is 5.57. The molecule has 1 aromatic carbocycles. The van der Waals surface area contributed by atoms with Gasteiger partial charge in [0, 0.05) is 24.2 Å². The lowest BCUT2D eigenvalue weighted by Gasteiger charge is -2.25. The number of hydrogen-bond donors (Lipinski definition) is 1. The van der Waals surface area contributed by atoms with Crippen molar-refractivity contribution in [3.8, 4) is 22.6 Å². The van der Waals surface area contributed by atoms with E-state index in [0.29, 0.717) is 25.1 Å². The quantitative estimate of drug-likeness (QED) is 0.542. The van der Waals surface area contributed by atoms with Crippen molar-refractivity contribution in [2.24, 2.45) is 0 Å². The molecule has 2 N–H and O–H groups in total. The number of benzene rings is 1. The van der Waals surface area contributed by atoms with Crippen LogP contribution in [0.3, 0.4) is 0 Å². The molecule has 6 rings (SSSR count). The number of ether oxygens (including phenoxy) is 1. The van der Waals surface area contributed by atoms with Gasteiger partial charge in [-0.15, -0.1) is 0 Å². The van der Waals surface area contributed by atoms with Gasteiger partial charge in [-0.25, -0.2) is 9.97 Å². The fourth-order valence-corrected chi connectivity index (χ4v) is 3.79. The summed E-state index contributed by atoms with van der Waals surface area (Å²) in [6.45, 7) is 1.38. The third-order valence-corrected chi connectivity index (χ3v) is 5.89. The summed E-state index contributed by atoms with van der Waals surface area (Å²) in [5.41, 5.74) is 9.36. The molecule has 1 saturated heterocycles. The van der Waals surface area contributed by atoms with Gasteiger partial charge in [0.15, 0.2) is 5.82 Å². The zero-order chi connectivity index (χ0) is 20.1. The molecule has 2 aliphatic rings. The van der Waals surface area contributed by atoms with Crippen molar-refractivity contribution >= 4 is 5.95 Å². The van der Waals surface area contributed by atoms with Crippen LogP contribution in [0.15, 0.2) is 53.6 Å². The summed E-state index contributed by atoms with van der Waals surface area (Å²) < 4.78 is 12.7. The molecule has 1 saturated carbocycles. The molecule has 2 fully saturated rings. The summed E-state index contributed by atoms with van der Waals surface area (Å²) in [7, 11) is 0. The van der Waals surface area contributed by atoms with Gasteiger partial charge in [0.05, 0.1) is 36.4 Å². The van der Waals surface area contributed by atoms with Gasteiger partial charge in [-0.1, -0.05) is 29.4 Å². The molecule has 0 spiro atoms. The number of hydrogen-bond acceptors (Lipinski definition) is 8. The van der Waals surface area contributed by atoms with Crippen LogP contribution in [-0.4, -0.2) is 43.1 Å². The van der Waals surface area contributed by atoms with Crippen LogP contribution in [0.4, 0.5) is 5.95 Å². The number of nitrogen functional groups attached to an aromatic ring is 1. The Morgan fingerprint density at radius 2 is 1.73 bits per heavy atom. The average molecular weight is 401 g/mol. The van der Waals surface area contributed by atoms with Crippen molar-refractivity contribution in [1.82, 2.24) is 29.9 Å². The predicted octanol–water partition coefficient (Wildman–Crippen LogP) is 2.62. The summed E-state index contributed by atoms with van der Waals surface area (Å²) in [5, 5.41) is 8.69. The van der Waals surface area contributed by atoms with Crippen molar-refractivity contribution < 1.29 is 9.26 Å². The van der Waals surface area contributed by atoms with E-state index >= 15 is 0 Å². The molecule has 1 aliphatic heterocycles. The molecule has 0 unspecified atom stereocenters. The van der Waals surface area contributed by atoms with E-state index in [1.54, 1.807) is 18.6 Å². The second-order valence-electron chi connectivity index (χ2n) is 7.81. The standard InChI is InChI=1S/C21H19N7O2/c22-20-23-7-14(8-24-20)13-1-3-16(4-2-13)21(5-6-21)19-26-18(30-27-19)15-9-25-28(10-15)17-11-29-12-17/h1-4,7-10,17H,5-6,11-12H2,(H2,22,23,24). The van der Waals surface area contributed by atoms with Crippen LogP contribution in [-0.2, 0) is 10.2 Å². The number of anilines is 1. The summed E-state index contributed by atoms with van der Waals surface area (Å²) >= 11 is 0. The molecule has 0 amide bonds. The topological polar surface area (TPSA) is 118 Å². The van der Waals surface area contributed by atoms with Gasteiger partial charge >= 0.3 is 0 Å². The number of rotatable bonds is 5. The maximum absolute atomic E-state index is 5.57. The Labute approximate surface area is 171 Å². The highest BCUT2D eigenvalue weighted by Gasteiger charge is 2.50. The summed E-state index contributed by atoms with van der Waals surface area (Å²) in [6.07, 6.45) is 9.15. The van der Waals surface area contributed by atoms with E-state index in [2.05, 4.69) is 44.5 Å². The molecule has 4 aromatic rings. The van der Waals surface area contributed by atoms with Crippen molar-refractivity contribution in [2.75, 3.05) is 18.9 Å². The smallest absolute Gasteiger partial charge is 0.261 e. The predicted molar refractivity (Wildman–Crippen MR) is 107 cm³/mol. The number of nitrogens with two attached hydrogens (primary N) is 1. The van der Waals surface area contributed by atoms with E-state index in [9.17, 15) is 0 Å². The lowest BCUT2D eigenvalue weighted by molar-refractivity contribution is -0.0286. The van der Waals surface area contributed by atoms with Crippen LogP contribution in [0, 0.1) is 0 Å². The molecule has 1 aliphatic carbocycles. The molecular weight excluding hydrogens is 382 g/mol. The van der Waals surface area contributed by atoms with Crippen LogP contribution in [0.5, 0.6) is 0 Å². The molecule has 4 heterocycles.